The molecule has 0 radical (unpaired) electrons. The van der Waals surface area contributed by atoms with E-state index in [9.17, 15) is 4.79 Å². The normalized spacial score (nSPS) is 16.9. The minimum absolute atomic E-state index is 0.0429. The Morgan fingerprint density at radius 1 is 1.47 bits per heavy atom. The molecule has 1 N–H and O–H groups in total. The van der Waals surface area contributed by atoms with Gasteiger partial charge in [0.1, 0.15) is 0 Å². The first-order valence-corrected chi connectivity index (χ1v) is 6.16. The molecule has 2 heterocycles. The van der Waals surface area contributed by atoms with Crippen molar-refractivity contribution >= 4 is 6.03 Å². The second-order valence-electron chi connectivity index (χ2n) is 4.51. The van der Waals surface area contributed by atoms with Gasteiger partial charge in [0.05, 0.1) is 0 Å². The zero-order chi connectivity index (χ0) is 12.1. The van der Waals surface area contributed by atoms with Gasteiger partial charge in [0.15, 0.2) is 0 Å². The first-order chi connectivity index (χ1) is 8.29. The smallest absolute Gasteiger partial charge is 0.317 e. The number of hydrogen-bond acceptors (Lipinski definition) is 2. The van der Waals surface area contributed by atoms with Crippen molar-refractivity contribution in [3.8, 4) is 0 Å². The van der Waals surface area contributed by atoms with Crippen molar-refractivity contribution in [2.75, 3.05) is 20.1 Å². The summed E-state index contributed by atoms with van der Waals surface area (Å²) < 4.78 is 0. The molecule has 1 aromatic rings. The molecule has 4 heteroatoms. The van der Waals surface area contributed by atoms with Crippen molar-refractivity contribution in [2.45, 2.75) is 19.3 Å². The summed E-state index contributed by atoms with van der Waals surface area (Å²) in [5.74, 6) is 0.658. The number of pyridine rings is 1. The molecule has 0 bridgehead atoms. The van der Waals surface area contributed by atoms with E-state index in [0.29, 0.717) is 5.92 Å². The van der Waals surface area contributed by atoms with E-state index in [1.54, 1.807) is 7.05 Å². The van der Waals surface area contributed by atoms with Gasteiger partial charge in [0.25, 0.3) is 0 Å². The van der Waals surface area contributed by atoms with E-state index < -0.39 is 0 Å². The molecule has 92 valence electrons. The van der Waals surface area contributed by atoms with Gasteiger partial charge in [-0.2, -0.15) is 0 Å². The fourth-order valence-corrected chi connectivity index (χ4v) is 2.31. The second kappa shape index (κ2) is 5.66. The van der Waals surface area contributed by atoms with Gasteiger partial charge in [-0.15, -0.1) is 0 Å². The van der Waals surface area contributed by atoms with Gasteiger partial charge in [0.2, 0.25) is 0 Å². The highest BCUT2D eigenvalue weighted by Crippen LogP contribution is 2.20. The molecule has 0 unspecified atom stereocenters. The summed E-state index contributed by atoms with van der Waals surface area (Å²) in [6, 6.07) is 6.09. The van der Waals surface area contributed by atoms with E-state index in [1.165, 1.54) is 0 Å². The lowest BCUT2D eigenvalue weighted by molar-refractivity contribution is 0.172. The number of carbonyl (C=O) groups is 1. The Labute approximate surface area is 102 Å². The van der Waals surface area contributed by atoms with Gasteiger partial charge in [-0.3, -0.25) is 4.98 Å². The Kier molecular flexibility index (Phi) is 3.96. The van der Waals surface area contributed by atoms with Crippen LogP contribution in [0.15, 0.2) is 24.4 Å². The van der Waals surface area contributed by atoms with E-state index in [-0.39, 0.29) is 6.03 Å². The fraction of sp³-hybridized carbons (Fsp3) is 0.538. The predicted octanol–water partition coefficient (Wildman–Crippen LogP) is 1.68. The van der Waals surface area contributed by atoms with Crippen LogP contribution in [0.5, 0.6) is 0 Å². The Morgan fingerprint density at radius 2 is 2.24 bits per heavy atom. The molecule has 2 rings (SSSR count). The summed E-state index contributed by atoms with van der Waals surface area (Å²) >= 11 is 0. The largest absolute Gasteiger partial charge is 0.341 e. The maximum Gasteiger partial charge on any atom is 0.317 e. The second-order valence-corrected chi connectivity index (χ2v) is 4.51. The number of amides is 2. The Bertz CT molecular complexity index is 358. The molecule has 0 aliphatic carbocycles. The van der Waals surface area contributed by atoms with Gasteiger partial charge < -0.3 is 10.2 Å². The van der Waals surface area contributed by atoms with E-state index >= 15 is 0 Å². The third-order valence-corrected chi connectivity index (χ3v) is 3.34. The van der Waals surface area contributed by atoms with E-state index in [2.05, 4.69) is 16.4 Å². The zero-order valence-corrected chi connectivity index (χ0v) is 10.2. The number of rotatable bonds is 2. The van der Waals surface area contributed by atoms with Crippen LogP contribution in [0, 0.1) is 5.92 Å². The van der Waals surface area contributed by atoms with E-state index in [4.69, 9.17) is 0 Å². The lowest BCUT2D eigenvalue weighted by atomic mass is 9.92. The third-order valence-electron chi connectivity index (χ3n) is 3.34. The monoisotopic (exact) mass is 233 g/mol. The Hall–Kier alpha value is -1.58. The molecule has 4 nitrogen and oxygen atoms in total. The maximum absolute atomic E-state index is 11.4. The molecular weight excluding hydrogens is 214 g/mol. The minimum atomic E-state index is 0.0429. The molecule has 1 saturated heterocycles. The van der Waals surface area contributed by atoms with Gasteiger partial charge in [-0.05, 0) is 37.3 Å². The van der Waals surface area contributed by atoms with Crippen LogP contribution in [0.3, 0.4) is 0 Å². The van der Waals surface area contributed by atoms with E-state index in [0.717, 1.165) is 38.0 Å². The van der Waals surface area contributed by atoms with Crippen molar-refractivity contribution < 1.29 is 4.79 Å². The number of aromatic nitrogens is 1. The van der Waals surface area contributed by atoms with Crippen molar-refractivity contribution in [1.29, 1.82) is 0 Å². The van der Waals surface area contributed by atoms with Crippen LogP contribution in [0.25, 0.3) is 0 Å². The Balaban J connectivity index is 1.82. The standard InChI is InChI=1S/C13H19N3O/c1-14-13(17)16-8-5-11(6-9-16)10-12-4-2-3-7-15-12/h2-4,7,11H,5-6,8-10H2,1H3,(H,14,17). The number of likely N-dealkylation sites (tertiary alicyclic amines) is 1. The molecule has 0 aromatic carbocycles. The molecule has 0 saturated carbocycles. The van der Waals surface area contributed by atoms with Crippen molar-refractivity contribution in [1.82, 2.24) is 15.2 Å². The molecule has 1 fully saturated rings. The number of nitrogens with one attached hydrogen (secondary N) is 1. The maximum atomic E-state index is 11.4. The molecule has 1 aromatic heterocycles. The summed E-state index contributed by atoms with van der Waals surface area (Å²) in [4.78, 5) is 17.7. The van der Waals surface area contributed by atoms with Crippen LogP contribution in [-0.4, -0.2) is 36.1 Å². The summed E-state index contributed by atoms with van der Waals surface area (Å²) in [7, 11) is 1.68. The summed E-state index contributed by atoms with van der Waals surface area (Å²) in [6.07, 6.45) is 5.02. The highest BCUT2D eigenvalue weighted by Gasteiger charge is 2.22. The lowest BCUT2D eigenvalue weighted by Crippen LogP contribution is -2.43. The number of carbonyl (C=O) groups excluding carboxylic acids is 1. The van der Waals surface area contributed by atoms with Crippen molar-refractivity contribution in [2.24, 2.45) is 5.92 Å². The number of hydrogen-bond donors (Lipinski definition) is 1. The molecular formula is C13H19N3O. The van der Waals surface area contributed by atoms with Crippen LogP contribution in [-0.2, 0) is 6.42 Å². The van der Waals surface area contributed by atoms with Crippen LogP contribution in [0.4, 0.5) is 4.79 Å². The average molecular weight is 233 g/mol. The van der Waals surface area contributed by atoms with Crippen LogP contribution in [0.1, 0.15) is 18.5 Å². The van der Waals surface area contributed by atoms with Crippen LogP contribution in [0.2, 0.25) is 0 Å². The van der Waals surface area contributed by atoms with Gasteiger partial charge in [-0.1, -0.05) is 6.07 Å². The zero-order valence-electron chi connectivity index (χ0n) is 10.2. The molecule has 1 aliphatic rings. The highest BCUT2D eigenvalue weighted by molar-refractivity contribution is 5.73. The predicted molar refractivity (Wildman–Crippen MR) is 66.7 cm³/mol. The van der Waals surface area contributed by atoms with Gasteiger partial charge in [0, 0.05) is 32.0 Å². The van der Waals surface area contributed by atoms with E-state index in [1.807, 2.05) is 23.2 Å². The highest BCUT2D eigenvalue weighted by atomic mass is 16.2. The first kappa shape index (κ1) is 11.9. The van der Waals surface area contributed by atoms with Crippen LogP contribution < -0.4 is 5.32 Å². The Morgan fingerprint density at radius 3 is 2.82 bits per heavy atom. The molecule has 0 atom stereocenters. The quantitative estimate of drug-likeness (QED) is 0.844. The fourth-order valence-electron chi connectivity index (χ4n) is 2.31. The molecule has 0 spiro atoms. The third kappa shape index (κ3) is 3.19. The first-order valence-electron chi connectivity index (χ1n) is 6.16. The summed E-state index contributed by atoms with van der Waals surface area (Å²) in [5, 5.41) is 2.67. The topological polar surface area (TPSA) is 45.2 Å². The van der Waals surface area contributed by atoms with Crippen molar-refractivity contribution in [3.63, 3.8) is 0 Å². The molecule has 1 aliphatic heterocycles. The lowest BCUT2D eigenvalue weighted by Gasteiger charge is -2.31. The van der Waals surface area contributed by atoms with Gasteiger partial charge >= 0.3 is 6.03 Å². The SMILES string of the molecule is CNC(=O)N1CCC(Cc2ccccn2)CC1. The average Bonchev–Trinajstić information content (AvgIpc) is 2.40. The van der Waals surface area contributed by atoms with Gasteiger partial charge in [-0.25, -0.2) is 4.79 Å². The summed E-state index contributed by atoms with van der Waals surface area (Å²) in [6.45, 7) is 1.72. The van der Waals surface area contributed by atoms with Crippen molar-refractivity contribution in [3.05, 3.63) is 30.1 Å². The molecule has 2 amide bonds. The number of urea groups is 1. The summed E-state index contributed by atoms with van der Waals surface area (Å²) in [5.41, 5.74) is 1.16. The van der Waals surface area contributed by atoms with Crippen LogP contribution >= 0.6 is 0 Å². The number of piperidine rings is 1. The molecule has 17 heavy (non-hydrogen) atoms. The number of nitrogens with zero attached hydrogens (tertiary/aromatic N) is 2. The minimum Gasteiger partial charge on any atom is -0.341 e.